The van der Waals surface area contributed by atoms with E-state index in [9.17, 15) is 0 Å². The molecule has 0 aliphatic heterocycles. The Morgan fingerprint density at radius 2 is 1.36 bits per heavy atom. The lowest BCUT2D eigenvalue weighted by Gasteiger charge is -2.04. The minimum absolute atomic E-state index is 0. The van der Waals surface area contributed by atoms with E-state index in [-0.39, 0.29) is 14.9 Å². The first-order valence-electron chi connectivity index (χ1n) is 11.4. The van der Waals surface area contributed by atoms with Crippen molar-refractivity contribution in [2.24, 2.45) is 0 Å². The van der Waals surface area contributed by atoms with Crippen molar-refractivity contribution in [1.29, 1.82) is 0 Å². The van der Waals surface area contributed by atoms with Gasteiger partial charge in [0.2, 0.25) is 0 Å². The van der Waals surface area contributed by atoms with Crippen LogP contribution in [0.4, 0.5) is 0 Å². The molecule has 196 valence electrons. The fraction of sp³-hybridized carbons (Fsp3) is 0.0645. The number of hydrogen-bond acceptors (Lipinski definition) is 6. The van der Waals surface area contributed by atoms with E-state index in [1.54, 1.807) is 28.3 Å². The Balaban J connectivity index is 0.000000160. The Labute approximate surface area is 233 Å². The predicted molar refractivity (Wildman–Crippen MR) is 158 cm³/mol. The highest BCUT2D eigenvalue weighted by molar-refractivity contribution is 7.21. The molecule has 7 aromatic rings. The van der Waals surface area contributed by atoms with Crippen LogP contribution < -0.4 is 0 Å². The second-order valence-electron chi connectivity index (χ2n) is 7.43. The molecule has 0 aliphatic rings. The molecule has 0 fully saturated rings. The number of thiazole rings is 1. The number of para-hydroxylation sites is 3. The number of hydrogen-bond donors (Lipinski definition) is 0. The van der Waals surface area contributed by atoms with E-state index < -0.39 is 0 Å². The molecule has 0 bridgehead atoms. The number of tetrazole rings is 1. The first kappa shape index (κ1) is 28.6. The lowest BCUT2D eigenvalue weighted by Crippen LogP contribution is -1.97. The van der Waals surface area contributed by atoms with Crippen LogP contribution in [-0.2, 0) is 0 Å². The zero-order chi connectivity index (χ0) is 25.1. The summed E-state index contributed by atoms with van der Waals surface area (Å²) in [7, 11) is 0. The van der Waals surface area contributed by atoms with E-state index in [1.165, 1.54) is 15.8 Å². The summed E-state index contributed by atoms with van der Waals surface area (Å²) in [6.45, 7) is 0. The maximum atomic E-state index is 4.57. The molecule has 0 amide bonds. The third-order valence-corrected chi connectivity index (χ3v) is 6.00. The van der Waals surface area contributed by atoms with Crippen LogP contribution in [-0.4, -0.2) is 35.0 Å². The third-order valence-electron chi connectivity index (χ3n) is 4.93. The van der Waals surface area contributed by atoms with E-state index in [0.717, 1.165) is 27.5 Å². The van der Waals surface area contributed by atoms with Gasteiger partial charge in [0.05, 0.1) is 5.52 Å². The summed E-state index contributed by atoms with van der Waals surface area (Å²) in [5.74, 6) is 0. The zero-order valence-corrected chi connectivity index (χ0v) is 20.4. The Hall–Kier alpha value is -4.95. The van der Waals surface area contributed by atoms with Crippen molar-refractivity contribution in [3.63, 3.8) is 0 Å². The van der Waals surface area contributed by atoms with E-state index in [4.69, 9.17) is 0 Å². The van der Waals surface area contributed by atoms with Gasteiger partial charge in [0, 0.05) is 22.1 Å². The van der Waals surface area contributed by atoms with Crippen molar-refractivity contribution < 1.29 is 0 Å². The lowest BCUT2D eigenvalue weighted by atomic mass is 10.2. The molecular formula is C31H28N7S-3. The largest absolute Gasteiger partial charge is 0.285 e. The van der Waals surface area contributed by atoms with Gasteiger partial charge in [-0.05, 0) is 34.8 Å². The molecule has 0 saturated heterocycles. The Morgan fingerprint density at radius 3 is 1.95 bits per heavy atom. The summed E-state index contributed by atoms with van der Waals surface area (Å²) < 4.78 is 3.00. The van der Waals surface area contributed by atoms with Crippen LogP contribution in [0.15, 0.2) is 122 Å². The highest BCUT2D eigenvalue weighted by atomic mass is 32.1. The van der Waals surface area contributed by atoms with Crippen LogP contribution in [0.1, 0.15) is 14.9 Å². The van der Waals surface area contributed by atoms with Crippen LogP contribution in [0.25, 0.3) is 32.2 Å². The second kappa shape index (κ2) is 14.7. The van der Waals surface area contributed by atoms with Gasteiger partial charge >= 0.3 is 0 Å². The molecule has 0 aliphatic carbocycles. The smallest absolute Gasteiger partial charge is 0.162 e. The molecule has 7 rings (SSSR count). The van der Waals surface area contributed by atoms with Gasteiger partial charge in [0.15, 0.2) is 6.33 Å². The molecule has 0 atom stereocenters. The third kappa shape index (κ3) is 7.77. The minimum atomic E-state index is 0. The molecule has 0 spiro atoms. The van der Waals surface area contributed by atoms with Crippen LogP contribution in [0.5, 0.6) is 0 Å². The van der Waals surface area contributed by atoms with E-state index in [0.29, 0.717) is 0 Å². The van der Waals surface area contributed by atoms with E-state index in [1.807, 2.05) is 97.2 Å². The molecule has 0 unspecified atom stereocenters. The van der Waals surface area contributed by atoms with Gasteiger partial charge in [0.1, 0.15) is 0 Å². The molecule has 0 saturated carbocycles. The molecule has 0 N–H and O–H groups in total. The van der Waals surface area contributed by atoms with E-state index in [2.05, 4.69) is 49.8 Å². The van der Waals surface area contributed by atoms with Crippen molar-refractivity contribution in [1.82, 2.24) is 35.0 Å². The fourth-order valence-corrected chi connectivity index (χ4v) is 4.19. The maximum Gasteiger partial charge on any atom is 0.162 e. The van der Waals surface area contributed by atoms with Crippen molar-refractivity contribution in [2.45, 2.75) is 14.9 Å². The summed E-state index contributed by atoms with van der Waals surface area (Å²) in [4.78, 5) is 5.99. The molecule has 0 radical (unpaired) electrons. The summed E-state index contributed by atoms with van der Waals surface area (Å²) >= 11 is 1.71. The maximum absolute atomic E-state index is 4.57. The minimum Gasteiger partial charge on any atom is -0.285 e. The number of aromatic nitrogens is 7. The fourth-order valence-electron chi connectivity index (χ4n) is 3.24. The van der Waals surface area contributed by atoms with Crippen molar-refractivity contribution in [3.8, 4) is 21.9 Å². The number of rotatable bonds is 3. The van der Waals surface area contributed by atoms with Gasteiger partial charge in [-0.15, -0.1) is 58.2 Å². The Morgan fingerprint density at radius 1 is 0.667 bits per heavy atom. The summed E-state index contributed by atoms with van der Waals surface area (Å²) in [5, 5.41) is 16.3. The first-order valence-corrected chi connectivity index (χ1v) is 12.2. The van der Waals surface area contributed by atoms with Crippen LogP contribution in [0, 0.1) is 18.2 Å². The second-order valence-corrected chi connectivity index (χ2v) is 8.47. The summed E-state index contributed by atoms with van der Waals surface area (Å²) in [6, 6.07) is 42.4. The van der Waals surface area contributed by atoms with Crippen molar-refractivity contribution in [3.05, 3.63) is 140 Å². The summed E-state index contributed by atoms with van der Waals surface area (Å²) in [5.41, 5.74) is 3.90. The monoisotopic (exact) mass is 530 g/mol. The average Bonchev–Trinajstić information content (AvgIpc) is 3.77. The molecule has 4 aromatic carbocycles. The van der Waals surface area contributed by atoms with Gasteiger partial charge in [-0.25, -0.2) is 0 Å². The molecular weight excluding hydrogens is 502 g/mol. The number of nitrogens with zero attached hydrogens (tertiary/aromatic N) is 7. The average molecular weight is 531 g/mol. The van der Waals surface area contributed by atoms with Crippen molar-refractivity contribution in [2.75, 3.05) is 0 Å². The van der Waals surface area contributed by atoms with Gasteiger partial charge in [0.25, 0.3) is 0 Å². The normalized spacial score (nSPS) is 9.64. The Bertz CT molecular complexity index is 1500. The predicted octanol–water partition coefficient (Wildman–Crippen LogP) is 7.17. The van der Waals surface area contributed by atoms with Gasteiger partial charge in [-0.1, -0.05) is 27.0 Å². The Kier molecular flexibility index (Phi) is 10.8. The highest BCUT2D eigenvalue weighted by Crippen LogP contribution is 2.29. The quantitative estimate of drug-likeness (QED) is 0.226. The molecule has 7 nitrogen and oxygen atoms in total. The first-order chi connectivity index (χ1) is 18.4. The highest BCUT2D eigenvalue weighted by Gasteiger charge is 1.98. The number of fused-ring (bicyclic) bond motifs is 1. The molecule has 8 heteroatoms. The van der Waals surface area contributed by atoms with Gasteiger partial charge < -0.3 is 0 Å². The standard InChI is InChI=1S/C13H8NS.C9H7N2.C7H5N4.2CH4/c1-2-6-10(7-3-1)13-14-11-8-4-5-9-12(11)15-13;1-2-5-9(6-3-1)11-8-4-7-10-11;1-2-4-7(5-3-1)11-9-6-8-10-11;;/h1-6,8-9H;1-5,7-8H;1-4,6H;2*1H4/q3*-1;;. The van der Waals surface area contributed by atoms with Gasteiger partial charge in [-0.2, -0.15) is 69.8 Å². The van der Waals surface area contributed by atoms with Crippen LogP contribution in [0.2, 0.25) is 0 Å². The lowest BCUT2D eigenvalue weighted by molar-refractivity contribution is 0.719. The van der Waals surface area contributed by atoms with Gasteiger partial charge in [-0.3, -0.25) is 9.67 Å². The zero-order valence-electron chi connectivity index (χ0n) is 19.6. The topological polar surface area (TPSA) is 74.3 Å². The molecule has 3 aromatic heterocycles. The van der Waals surface area contributed by atoms with Crippen molar-refractivity contribution >= 4 is 21.6 Å². The van der Waals surface area contributed by atoms with E-state index >= 15 is 0 Å². The van der Waals surface area contributed by atoms with Crippen LogP contribution >= 0.6 is 11.3 Å². The SMILES string of the molecule is C.C.[c-]1ccccc1-c1nc2ccccc2s1.[c-]1ccccc1-n1cccn1.[c-]1ccccc1-n1ncnn1. The number of benzene rings is 4. The molecule has 3 heterocycles. The van der Waals surface area contributed by atoms with Crippen LogP contribution in [0.3, 0.4) is 0 Å². The summed E-state index contributed by atoms with van der Waals surface area (Å²) in [6.07, 6.45) is 5.04. The molecule has 39 heavy (non-hydrogen) atoms.